The van der Waals surface area contributed by atoms with Gasteiger partial charge in [0.1, 0.15) is 11.6 Å². The Bertz CT molecular complexity index is 516. The maximum Gasteiger partial charge on any atom is 0.129 e. The van der Waals surface area contributed by atoms with Crippen molar-refractivity contribution in [3.63, 3.8) is 0 Å². The maximum absolute atomic E-state index is 13.4. The molecule has 1 aromatic carbocycles. The van der Waals surface area contributed by atoms with Crippen LogP contribution in [0.4, 0.5) is 8.78 Å². The lowest BCUT2D eigenvalue weighted by Gasteiger charge is -2.12. The molecule has 2 aromatic rings. The lowest BCUT2D eigenvalue weighted by atomic mass is 10.0. The Hall–Kier alpha value is -1.81. The highest BCUT2D eigenvalue weighted by Crippen LogP contribution is 2.22. The summed E-state index contributed by atoms with van der Waals surface area (Å²) in [5.41, 5.74) is 1.00. The Morgan fingerprint density at radius 2 is 1.83 bits per heavy atom. The summed E-state index contributed by atoms with van der Waals surface area (Å²) in [6.45, 7) is 0. The summed E-state index contributed by atoms with van der Waals surface area (Å²) >= 11 is 0. The SMILES string of the molecule is OC(CCc1ccncc1)c1cc(F)ccc1F. The molecule has 0 saturated carbocycles. The number of aliphatic hydroxyl groups excluding tert-OH is 1. The number of pyridine rings is 1. The second-order valence-corrected chi connectivity index (χ2v) is 4.08. The van der Waals surface area contributed by atoms with Crippen molar-refractivity contribution in [2.45, 2.75) is 18.9 Å². The van der Waals surface area contributed by atoms with Gasteiger partial charge in [0.05, 0.1) is 6.10 Å². The van der Waals surface area contributed by atoms with Crippen molar-refractivity contribution in [1.82, 2.24) is 4.98 Å². The quantitative estimate of drug-likeness (QED) is 0.903. The summed E-state index contributed by atoms with van der Waals surface area (Å²) in [5, 5.41) is 9.86. The third-order valence-electron chi connectivity index (χ3n) is 2.77. The Morgan fingerprint density at radius 1 is 1.11 bits per heavy atom. The molecule has 2 nitrogen and oxygen atoms in total. The van der Waals surface area contributed by atoms with E-state index in [0.29, 0.717) is 12.8 Å². The normalized spacial score (nSPS) is 12.4. The van der Waals surface area contributed by atoms with E-state index in [1.165, 1.54) is 0 Å². The Labute approximate surface area is 104 Å². The van der Waals surface area contributed by atoms with E-state index in [-0.39, 0.29) is 5.56 Å². The molecule has 0 fully saturated rings. The second kappa shape index (κ2) is 5.69. The van der Waals surface area contributed by atoms with Crippen LogP contribution in [0.25, 0.3) is 0 Å². The van der Waals surface area contributed by atoms with Gasteiger partial charge in [-0.15, -0.1) is 0 Å². The number of rotatable bonds is 4. The molecule has 0 aliphatic rings. The molecular formula is C14H13F2NO. The first kappa shape index (κ1) is 12.6. The van der Waals surface area contributed by atoms with E-state index in [0.717, 1.165) is 23.8 Å². The predicted octanol–water partition coefficient (Wildman–Crippen LogP) is 3.03. The summed E-state index contributed by atoms with van der Waals surface area (Å²) in [4.78, 5) is 3.88. The zero-order chi connectivity index (χ0) is 13.0. The predicted molar refractivity (Wildman–Crippen MR) is 63.9 cm³/mol. The van der Waals surface area contributed by atoms with Crippen molar-refractivity contribution < 1.29 is 13.9 Å². The Morgan fingerprint density at radius 3 is 2.56 bits per heavy atom. The zero-order valence-corrected chi connectivity index (χ0v) is 9.68. The first-order chi connectivity index (χ1) is 8.66. The minimum atomic E-state index is -1.01. The molecule has 1 N–H and O–H groups in total. The Kier molecular flexibility index (Phi) is 3.99. The van der Waals surface area contributed by atoms with Gasteiger partial charge in [0.2, 0.25) is 0 Å². The highest BCUT2D eigenvalue weighted by Gasteiger charge is 2.13. The monoisotopic (exact) mass is 249 g/mol. The van der Waals surface area contributed by atoms with E-state index in [2.05, 4.69) is 4.98 Å². The Balaban J connectivity index is 2.03. The van der Waals surface area contributed by atoms with E-state index >= 15 is 0 Å². The number of hydrogen-bond acceptors (Lipinski definition) is 2. The van der Waals surface area contributed by atoms with Gasteiger partial charge in [-0.05, 0) is 48.7 Å². The van der Waals surface area contributed by atoms with Crippen LogP contribution in [0, 0.1) is 11.6 Å². The van der Waals surface area contributed by atoms with Crippen molar-refractivity contribution in [3.8, 4) is 0 Å². The topological polar surface area (TPSA) is 33.1 Å². The molecule has 0 spiro atoms. The third kappa shape index (κ3) is 3.11. The molecule has 4 heteroatoms. The fraction of sp³-hybridized carbons (Fsp3) is 0.214. The van der Waals surface area contributed by atoms with Crippen LogP contribution in [0.5, 0.6) is 0 Å². The van der Waals surface area contributed by atoms with Crippen LogP contribution in [0.15, 0.2) is 42.7 Å². The average molecular weight is 249 g/mol. The second-order valence-electron chi connectivity index (χ2n) is 4.08. The van der Waals surface area contributed by atoms with Gasteiger partial charge in [0, 0.05) is 18.0 Å². The number of aryl methyl sites for hydroxylation is 1. The molecule has 0 bridgehead atoms. The maximum atomic E-state index is 13.4. The van der Waals surface area contributed by atoms with Crippen LogP contribution in [0.2, 0.25) is 0 Å². The smallest absolute Gasteiger partial charge is 0.129 e. The average Bonchev–Trinajstić information content (AvgIpc) is 2.40. The number of aromatic nitrogens is 1. The van der Waals surface area contributed by atoms with Crippen molar-refractivity contribution in [2.24, 2.45) is 0 Å². The fourth-order valence-corrected chi connectivity index (χ4v) is 1.78. The van der Waals surface area contributed by atoms with Crippen molar-refractivity contribution in [1.29, 1.82) is 0 Å². The molecule has 0 aliphatic heterocycles. The van der Waals surface area contributed by atoms with Crippen LogP contribution in [-0.4, -0.2) is 10.1 Å². The number of nitrogens with zero attached hydrogens (tertiary/aromatic N) is 1. The summed E-state index contributed by atoms with van der Waals surface area (Å²) in [7, 11) is 0. The number of halogens is 2. The molecule has 1 aromatic heterocycles. The van der Waals surface area contributed by atoms with Crippen LogP contribution in [0.3, 0.4) is 0 Å². The highest BCUT2D eigenvalue weighted by molar-refractivity contribution is 5.21. The van der Waals surface area contributed by atoms with Crippen LogP contribution < -0.4 is 0 Å². The molecule has 2 rings (SSSR count). The fourth-order valence-electron chi connectivity index (χ4n) is 1.78. The van der Waals surface area contributed by atoms with E-state index in [9.17, 15) is 13.9 Å². The molecule has 1 heterocycles. The van der Waals surface area contributed by atoms with Gasteiger partial charge in [-0.2, -0.15) is 0 Å². The lowest BCUT2D eigenvalue weighted by molar-refractivity contribution is 0.162. The van der Waals surface area contributed by atoms with Gasteiger partial charge >= 0.3 is 0 Å². The first-order valence-electron chi connectivity index (χ1n) is 5.69. The van der Waals surface area contributed by atoms with Crippen molar-refractivity contribution in [2.75, 3.05) is 0 Å². The summed E-state index contributed by atoms with van der Waals surface area (Å²) in [5.74, 6) is -1.13. The minimum Gasteiger partial charge on any atom is -0.388 e. The summed E-state index contributed by atoms with van der Waals surface area (Å²) in [6.07, 6.45) is 3.23. The van der Waals surface area contributed by atoms with Gasteiger partial charge < -0.3 is 5.11 Å². The van der Waals surface area contributed by atoms with Gasteiger partial charge in [-0.25, -0.2) is 8.78 Å². The van der Waals surface area contributed by atoms with E-state index in [4.69, 9.17) is 0 Å². The van der Waals surface area contributed by atoms with Crippen molar-refractivity contribution >= 4 is 0 Å². The standard InChI is InChI=1S/C14H13F2NO/c15-11-2-3-13(16)12(9-11)14(18)4-1-10-5-7-17-8-6-10/h2-3,5-9,14,18H,1,4H2. The third-order valence-corrected chi connectivity index (χ3v) is 2.77. The van der Waals surface area contributed by atoms with E-state index in [1.54, 1.807) is 12.4 Å². The number of aliphatic hydroxyl groups is 1. The van der Waals surface area contributed by atoms with Gasteiger partial charge in [0.15, 0.2) is 0 Å². The minimum absolute atomic E-state index is 0.00376. The first-order valence-corrected chi connectivity index (χ1v) is 5.69. The largest absolute Gasteiger partial charge is 0.388 e. The molecule has 0 radical (unpaired) electrons. The molecule has 1 unspecified atom stereocenters. The van der Waals surface area contributed by atoms with Gasteiger partial charge in [-0.1, -0.05) is 0 Å². The van der Waals surface area contributed by atoms with Gasteiger partial charge in [-0.3, -0.25) is 4.98 Å². The lowest BCUT2D eigenvalue weighted by Crippen LogP contribution is -2.03. The number of benzene rings is 1. The van der Waals surface area contributed by atoms with Crippen LogP contribution in [0.1, 0.15) is 23.7 Å². The highest BCUT2D eigenvalue weighted by atomic mass is 19.1. The van der Waals surface area contributed by atoms with Crippen LogP contribution in [-0.2, 0) is 6.42 Å². The molecule has 94 valence electrons. The van der Waals surface area contributed by atoms with Gasteiger partial charge in [0.25, 0.3) is 0 Å². The summed E-state index contributed by atoms with van der Waals surface area (Å²) in [6, 6.07) is 6.75. The van der Waals surface area contributed by atoms with E-state index < -0.39 is 17.7 Å². The molecule has 1 atom stereocenters. The van der Waals surface area contributed by atoms with E-state index in [1.807, 2.05) is 12.1 Å². The molecule has 0 saturated heterocycles. The number of hydrogen-bond donors (Lipinski definition) is 1. The van der Waals surface area contributed by atoms with Crippen molar-refractivity contribution in [3.05, 3.63) is 65.5 Å². The molecule has 18 heavy (non-hydrogen) atoms. The molecular weight excluding hydrogens is 236 g/mol. The summed E-state index contributed by atoms with van der Waals surface area (Å²) < 4.78 is 26.4. The molecule has 0 aliphatic carbocycles. The molecule has 0 amide bonds. The zero-order valence-electron chi connectivity index (χ0n) is 9.68. The van der Waals surface area contributed by atoms with Crippen LogP contribution >= 0.6 is 0 Å².